The predicted molar refractivity (Wildman–Crippen MR) is 130 cm³/mol. The highest BCUT2D eigenvalue weighted by molar-refractivity contribution is 6.50. The van der Waals surface area contributed by atoms with Crippen molar-refractivity contribution in [3.05, 3.63) is 117 Å². The van der Waals surface area contributed by atoms with Crippen LogP contribution in [0.4, 0.5) is 50.7 Å². The van der Waals surface area contributed by atoms with Gasteiger partial charge in [0.25, 0.3) is 24.0 Å². The molecule has 0 aliphatic rings. The third-order valence-corrected chi connectivity index (χ3v) is 4.85. The fourth-order valence-electron chi connectivity index (χ4n) is 3.20. The van der Waals surface area contributed by atoms with Gasteiger partial charge in [-0.2, -0.15) is 4.79 Å². The number of aromatic nitrogens is 4. The van der Waals surface area contributed by atoms with Crippen LogP contribution in [-0.4, -0.2) is 39.5 Å². The van der Waals surface area contributed by atoms with E-state index >= 15 is 0 Å². The molecule has 0 atom stereocenters. The molecule has 0 fully saturated rings. The molecule has 0 aliphatic carbocycles. The standard InChI is InChI=1S/C21H18N6O5.2BF4/c28-21(24-11-9-22(15-24)13-17-1-5-19(6-2-17)26(29)30)25-12-10-23(16-25)14-18-3-7-20(8-4-18)27(31)32;2*2-1(3,4)5/h1-12,15-16H,13-14H2;;/q+2;2*-1. The second-order valence-electron chi connectivity index (χ2n) is 8.11. The second kappa shape index (κ2) is 14.0. The molecule has 4 rings (SSSR count). The molecular formula is C21H18B2F8N6O5. The zero-order valence-electron chi connectivity index (χ0n) is 20.9. The van der Waals surface area contributed by atoms with E-state index in [4.69, 9.17) is 0 Å². The SMILES string of the molecule is F[B-](F)(F)F.F[B-](F)(F)F.O=C(n1cc[n+](Cc2ccc([N+](=O)[O-])cc2)c1)n1cc[n+](Cc2ccc([N+](=O)[O-])cc2)c1. The van der Waals surface area contributed by atoms with E-state index in [0.717, 1.165) is 11.1 Å². The maximum Gasteiger partial charge on any atom is 0.673 e. The molecule has 2 aromatic heterocycles. The number of carbonyl (C=O) groups is 1. The minimum Gasteiger partial charge on any atom is -0.418 e. The molecule has 0 saturated heterocycles. The van der Waals surface area contributed by atoms with Gasteiger partial charge in [-0.15, -0.1) is 9.13 Å². The van der Waals surface area contributed by atoms with E-state index in [9.17, 15) is 59.5 Å². The number of nitro groups is 2. The summed E-state index contributed by atoms with van der Waals surface area (Å²) in [6.07, 6.45) is 10.0. The van der Waals surface area contributed by atoms with E-state index in [0.29, 0.717) is 13.1 Å². The number of hydrogen-bond acceptors (Lipinski definition) is 5. The zero-order chi connectivity index (χ0) is 31.7. The number of nitro benzene ring substituents is 2. The zero-order valence-corrected chi connectivity index (χ0v) is 20.9. The molecule has 0 saturated carbocycles. The molecule has 0 bridgehead atoms. The quantitative estimate of drug-likeness (QED) is 0.102. The van der Waals surface area contributed by atoms with Crippen molar-refractivity contribution >= 4 is 31.9 Å². The van der Waals surface area contributed by atoms with Gasteiger partial charge in [-0.1, -0.05) is 0 Å². The van der Waals surface area contributed by atoms with E-state index in [1.165, 1.54) is 33.4 Å². The number of nitrogens with zero attached hydrogens (tertiary/aromatic N) is 6. The van der Waals surface area contributed by atoms with Gasteiger partial charge in [-0.3, -0.25) is 20.2 Å². The fraction of sp³-hybridized carbons (Fsp3) is 0.0952. The third-order valence-electron chi connectivity index (χ3n) is 4.85. The Labute approximate surface area is 230 Å². The Bertz CT molecular complexity index is 1390. The normalized spacial score (nSPS) is 11.0. The molecule has 42 heavy (non-hydrogen) atoms. The molecule has 0 radical (unpaired) electrons. The molecule has 224 valence electrons. The Morgan fingerprint density at radius 2 is 0.929 bits per heavy atom. The molecule has 0 aliphatic heterocycles. The summed E-state index contributed by atoms with van der Waals surface area (Å²) in [5, 5.41) is 21.5. The van der Waals surface area contributed by atoms with Gasteiger partial charge in [0.2, 0.25) is 0 Å². The first-order valence-electron chi connectivity index (χ1n) is 11.3. The minimum absolute atomic E-state index is 0.0288. The molecule has 0 N–H and O–H groups in total. The van der Waals surface area contributed by atoms with Crippen LogP contribution in [0.1, 0.15) is 11.1 Å². The Hall–Kier alpha value is -5.10. The lowest BCUT2D eigenvalue weighted by Crippen LogP contribution is -2.33. The average molecular weight is 608 g/mol. The number of benzene rings is 2. The smallest absolute Gasteiger partial charge is 0.418 e. The van der Waals surface area contributed by atoms with Crippen LogP contribution >= 0.6 is 0 Å². The van der Waals surface area contributed by atoms with Crippen LogP contribution < -0.4 is 9.13 Å². The number of halogens is 8. The highest BCUT2D eigenvalue weighted by atomic mass is 19.5. The molecule has 11 nitrogen and oxygen atoms in total. The van der Waals surface area contributed by atoms with Crippen LogP contribution in [0.5, 0.6) is 0 Å². The number of rotatable bonds is 6. The number of non-ortho nitro benzene ring substituents is 2. The van der Waals surface area contributed by atoms with Crippen molar-refractivity contribution in [2.75, 3.05) is 0 Å². The summed E-state index contributed by atoms with van der Waals surface area (Å²) in [5.41, 5.74) is 1.79. The Morgan fingerprint density at radius 1 is 0.643 bits per heavy atom. The number of carbonyl (C=O) groups excluding carboxylic acids is 1. The largest absolute Gasteiger partial charge is 0.673 e. The summed E-state index contributed by atoms with van der Waals surface area (Å²) in [7, 11) is -12.0. The van der Waals surface area contributed by atoms with Gasteiger partial charge >= 0.3 is 20.5 Å². The van der Waals surface area contributed by atoms with Gasteiger partial charge in [0.1, 0.15) is 37.9 Å². The van der Waals surface area contributed by atoms with Gasteiger partial charge in [0.15, 0.2) is 0 Å². The summed E-state index contributed by atoms with van der Waals surface area (Å²) in [4.78, 5) is 33.4. The summed E-state index contributed by atoms with van der Waals surface area (Å²) < 4.78 is 84.5. The Balaban J connectivity index is 0.000000533. The van der Waals surface area contributed by atoms with Crippen molar-refractivity contribution in [2.45, 2.75) is 13.1 Å². The minimum atomic E-state index is -6.00. The second-order valence-corrected chi connectivity index (χ2v) is 8.11. The average Bonchev–Trinajstić information content (AvgIpc) is 3.52. The summed E-state index contributed by atoms with van der Waals surface area (Å²) >= 11 is 0. The van der Waals surface area contributed by atoms with Gasteiger partial charge in [-0.25, -0.2) is 9.13 Å². The maximum atomic E-state index is 12.8. The van der Waals surface area contributed by atoms with Crippen LogP contribution in [-0.2, 0) is 13.1 Å². The molecule has 0 amide bonds. The van der Waals surface area contributed by atoms with Gasteiger partial charge in [0, 0.05) is 24.3 Å². The topological polar surface area (TPSA) is 121 Å². The highest BCUT2D eigenvalue weighted by Crippen LogP contribution is 2.13. The van der Waals surface area contributed by atoms with E-state index in [2.05, 4.69) is 0 Å². The van der Waals surface area contributed by atoms with E-state index in [-0.39, 0.29) is 17.4 Å². The van der Waals surface area contributed by atoms with Gasteiger partial charge in [0.05, 0.1) is 9.85 Å². The summed E-state index contributed by atoms with van der Waals surface area (Å²) in [5.74, 6) is 0. The molecule has 21 heteroatoms. The van der Waals surface area contributed by atoms with Crippen LogP contribution in [0.25, 0.3) is 0 Å². The highest BCUT2D eigenvalue weighted by Gasteiger charge is 2.22. The first-order valence-corrected chi connectivity index (χ1v) is 11.3. The Kier molecular flexibility index (Phi) is 11.0. The van der Waals surface area contributed by atoms with E-state index < -0.39 is 24.4 Å². The molecule has 4 aromatic rings. The van der Waals surface area contributed by atoms with E-state index in [1.807, 2.05) is 0 Å². The van der Waals surface area contributed by atoms with Gasteiger partial charge < -0.3 is 34.5 Å². The van der Waals surface area contributed by atoms with Crippen molar-refractivity contribution < 1.29 is 58.3 Å². The summed E-state index contributed by atoms with van der Waals surface area (Å²) in [6, 6.07) is 12.2. The van der Waals surface area contributed by atoms with Gasteiger partial charge in [-0.05, 0) is 35.4 Å². The molecule has 2 heterocycles. The fourth-order valence-corrected chi connectivity index (χ4v) is 3.20. The summed E-state index contributed by atoms with van der Waals surface area (Å²) in [6.45, 7) is 0.925. The van der Waals surface area contributed by atoms with Crippen molar-refractivity contribution in [2.24, 2.45) is 0 Å². The van der Waals surface area contributed by atoms with Crippen LogP contribution in [0.3, 0.4) is 0 Å². The molecular weight excluding hydrogens is 590 g/mol. The predicted octanol–water partition coefficient (Wildman–Crippen LogP) is 4.89. The van der Waals surface area contributed by atoms with Crippen LogP contribution in [0.2, 0.25) is 0 Å². The third kappa shape index (κ3) is 12.4. The van der Waals surface area contributed by atoms with Crippen molar-refractivity contribution in [1.29, 1.82) is 0 Å². The van der Waals surface area contributed by atoms with E-state index in [1.54, 1.807) is 70.8 Å². The first-order chi connectivity index (χ1) is 19.4. The monoisotopic (exact) mass is 608 g/mol. The number of hydrogen-bond donors (Lipinski definition) is 0. The number of imidazole rings is 2. The first kappa shape index (κ1) is 33.1. The Morgan fingerprint density at radius 3 is 1.19 bits per heavy atom. The molecule has 0 unspecified atom stereocenters. The van der Waals surface area contributed by atoms with Crippen molar-refractivity contribution in [1.82, 2.24) is 9.13 Å². The molecule has 2 aromatic carbocycles. The lowest BCUT2D eigenvalue weighted by molar-refractivity contribution is -0.687. The lowest BCUT2D eigenvalue weighted by atomic mass is 10.2. The lowest BCUT2D eigenvalue weighted by Gasteiger charge is -1.97. The van der Waals surface area contributed by atoms with Crippen molar-refractivity contribution in [3.8, 4) is 0 Å². The maximum absolute atomic E-state index is 12.8. The molecule has 0 spiro atoms. The van der Waals surface area contributed by atoms with Crippen LogP contribution in [0, 0.1) is 20.2 Å². The van der Waals surface area contributed by atoms with Crippen molar-refractivity contribution in [3.63, 3.8) is 0 Å². The van der Waals surface area contributed by atoms with Crippen LogP contribution in [0.15, 0.2) is 86.0 Å².